The van der Waals surface area contributed by atoms with Gasteiger partial charge in [-0.25, -0.2) is 9.18 Å². The number of hydrogen-bond acceptors (Lipinski definition) is 3. The van der Waals surface area contributed by atoms with Crippen molar-refractivity contribution < 1.29 is 19.1 Å². The van der Waals surface area contributed by atoms with E-state index in [9.17, 15) is 14.0 Å². The molecule has 4 N–H and O–H groups in total. The molecule has 18 heavy (non-hydrogen) atoms. The summed E-state index contributed by atoms with van der Waals surface area (Å²) >= 11 is 0. The van der Waals surface area contributed by atoms with Gasteiger partial charge in [-0.05, 0) is 31.5 Å². The van der Waals surface area contributed by atoms with Gasteiger partial charge in [0.1, 0.15) is 11.4 Å². The molecule has 5 nitrogen and oxygen atoms in total. The third kappa shape index (κ3) is 2.77. The summed E-state index contributed by atoms with van der Waals surface area (Å²) in [7, 11) is 0. The lowest BCUT2D eigenvalue weighted by Crippen LogP contribution is -2.51. The molecule has 0 heterocycles. The fourth-order valence-electron chi connectivity index (χ4n) is 1.28. The number of carboxylic acids is 1. The van der Waals surface area contributed by atoms with E-state index in [1.54, 1.807) is 6.92 Å². The first-order valence-corrected chi connectivity index (χ1v) is 5.41. The van der Waals surface area contributed by atoms with Crippen molar-refractivity contribution in [1.29, 1.82) is 0 Å². The number of nitrogen functional groups attached to an aromatic ring is 1. The van der Waals surface area contributed by atoms with Crippen LogP contribution in [-0.4, -0.2) is 22.5 Å². The van der Waals surface area contributed by atoms with Gasteiger partial charge in [0.15, 0.2) is 0 Å². The summed E-state index contributed by atoms with van der Waals surface area (Å²) < 4.78 is 13.2. The fourth-order valence-corrected chi connectivity index (χ4v) is 1.28. The van der Waals surface area contributed by atoms with Crippen LogP contribution >= 0.6 is 0 Å². The molecule has 0 saturated heterocycles. The smallest absolute Gasteiger partial charge is 0.329 e. The highest BCUT2D eigenvalue weighted by atomic mass is 19.1. The molecular formula is C12H15FN2O3. The Morgan fingerprint density at radius 2 is 2.11 bits per heavy atom. The fraction of sp³-hybridized carbons (Fsp3) is 0.333. The van der Waals surface area contributed by atoms with Gasteiger partial charge in [-0.3, -0.25) is 4.79 Å². The van der Waals surface area contributed by atoms with Gasteiger partial charge < -0.3 is 16.2 Å². The molecule has 0 fully saturated rings. The van der Waals surface area contributed by atoms with E-state index >= 15 is 0 Å². The number of halogens is 1. The van der Waals surface area contributed by atoms with E-state index < -0.39 is 23.2 Å². The number of amides is 1. The third-order valence-electron chi connectivity index (χ3n) is 2.83. The van der Waals surface area contributed by atoms with E-state index in [-0.39, 0.29) is 17.7 Å². The number of rotatable bonds is 4. The lowest BCUT2D eigenvalue weighted by molar-refractivity contribution is -0.143. The quantitative estimate of drug-likeness (QED) is 0.708. The Morgan fingerprint density at radius 3 is 2.56 bits per heavy atom. The molecule has 1 rings (SSSR count). The standard InChI is InChI=1S/C12H15FN2O3/c1-3-12(2,11(17)18)15-10(16)7-4-5-9(14)8(13)6-7/h4-6H,3,14H2,1-2H3,(H,15,16)(H,17,18). The Balaban J connectivity index is 2.95. The highest BCUT2D eigenvalue weighted by Gasteiger charge is 2.33. The molecule has 1 unspecified atom stereocenters. The van der Waals surface area contributed by atoms with E-state index in [0.717, 1.165) is 6.07 Å². The van der Waals surface area contributed by atoms with Crippen LogP contribution in [0.15, 0.2) is 18.2 Å². The van der Waals surface area contributed by atoms with Gasteiger partial charge in [-0.15, -0.1) is 0 Å². The summed E-state index contributed by atoms with van der Waals surface area (Å²) in [4.78, 5) is 22.8. The molecule has 0 aromatic heterocycles. The molecule has 1 amide bonds. The van der Waals surface area contributed by atoms with E-state index in [4.69, 9.17) is 10.8 Å². The second kappa shape index (κ2) is 5.03. The number of carbonyl (C=O) groups is 2. The molecule has 0 saturated carbocycles. The zero-order chi connectivity index (χ0) is 13.9. The van der Waals surface area contributed by atoms with Gasteiger partial charge in [-0.1, -0.05) is 6.92 Å². The second-order valence-corrected chi connectivity index (χ2v) is 4.18. The molecule has 0 radical (unpaired) electrons. The van der Waals surface area contributed by atoms with E-state index in [1.165, 1.54) is 19.1 Å². The number of nitrogens with one attached hydrogen (secondary N) is 1. The molecule has 0 spiro atoms. The number of hydrogen-bond donors (Lipinski definition) is 3. The normalized spacial score (nSPS) is 13.7. The van der Waals surface area contributed by atoms with Crippen LogP contribution in [0.5, 0.6) is 0 Å². The number of nitrogens with two attached hydrogens (primary N) is 1. The summed E-state index contributed by atoms with van der Waals surface area (Å²) in [6.45, 7) is 3.03. The predicted octanol–water partition coefficient (Wildman–Crippen LogP) is 1.39. The Morgan fingerprint density at radius 1 is 1.50 bits per heavy atom. The van der Waals surface area contributed by atoms with Crippen molar-refractivity contribution in [3.8, 4) is 0 Å². The number of benzene rings is 1. The number of anilines is 1. The maximum absolute atomic E-state index is 13.2. The Labute approximate surface area is 104 Å². The molecule has 1 atom stereocenters. The molecule has 1 aromatic carbocycles. The van der Waals surface area contributed by atoms with Crippen LogP contribution in [0.3, 0.4) is 0 Å². The molecule has 98 valence electrons. The van der Waals surface area contributed by atoms with Crippen LogP contribution in [0.1, 0.15) is 30.6 Å². The van der Waals surface area contributed by atoms with Gasteiger partial charge in [0, 0.05) is 5.56 Å². The van der Waals surface area contributed by atoms with Crippen LogP contribution < -0.4 is 11.1 Å². The number of aliphatic carboxylic acids is 1. The largest absolute Gasteiger partial charge is 0.480 e. The first-order valence-electron chi connectivity index (χ1n) is 5.41. The number of carbonyl (C=O) groups excluding carboxylic acids is 1. The van der Waals surface area contributed by atoms with Crippen LogP contribution in [-0.2, 0) is 4.79 Å². The third-order valence-corrected chi connectivity index (χ3v) is 2.83. The minimum absolute atomic E-state index is 0.0302. The number of carboxylic acid groups (broad SMARTS) is 1. The molecule has 6 heteroatoms. The molecule has 0 aliphatic heterocycles. The lowest BCUT2D eigenvalue weighted by atomic mass is 9.98. The topological polar surface area (TPSA) is 92.4 Å². The molecule has 0 aliphatic rings. The van der Waals surface area contributed by atoms with Gasteiger partial charge >= 0.3 is 5.97 Å². The molecule has 0 aliphatic carbocycles. The lowest BCUT2D eigenvalue weighted by Gasteiger charge is -2.24. The summed E-state index contributed by atoms with van der Waals surface area (Å²) in [6.07, 6.45) is 0.214. The highest BCUT2D eigenvalue weighted by molar-refractivity contribution is 5.98. The highest BCUT2D eigenvalue weighted by Crippen LogP contribution is 2.14. The van der Waals surface area contributed by atoms with Crippen molar-refractivity contribution in [2.75, 3.05) is 5.73 Å². The van der Waals surface area contributed by atoms with Gasteiger partial charge in [0.25, 0.3) is 5.91 Å². The first-order chi connectivity index (χ1) is 8.30. The van der Waals surface area contributed by atoms with Crippen LogP contribution in [0.25, 0.3) is 0 Å². The minimum atomic E-state index is -1.38. The second-order valence-electron chi connectivity index (χ2n) is 4.18. The summed E-state index contributed by atoms with van der Waals surface area (Å²) in [5.41, 5.74) is 3.87. The van der Waals surface area contributed by atoms with E-state index in [2.05, 4.69) is 5.32 Å². The predicted molar refractivity (Wildman–Crippen MR) is 64.6 cm³/mol. The summed E-state index contributed by atoms with van der Waals surface area (Å²) in [6, 6.07) is 3.57. The van der Waals surface area contributed by atoms with Crippen LogP contribution in [0.4, 0.5) is 10.1 Å². The maximum atomic E-state index is 13.2. The minimum Gasteiger partial charge on any atom is -0.480 e. The first kappa shape index (κ1) is 14.0. The Hall–Kier alpha value is -2.11. The summed E-state index contributed by atoms with van der Waals surface area (Å²) in [5, 5.41) is 11.4. The average molecular weight is 254 g/mol. The van der Waals surface area contributed by atoms with E-state index in [0.29, 0.717) is 0 Å². The Bertz CT molecular complexity index is 490. The molecule has 0 bridgehead atoms. The SMILES string of the molecule is CCC(C)(NC(=O)c1ccc(N)c(F)c1)C(=O)O. The monoisotopic (exact) mass is 254 g/mol. The molecular weight excluding hydrogens is 239 g/mol. The van der Waals surface area contributed by atoms with Crippen molar-refractivity contribution >= 4 is 17.6 Å². The van der Waals surface area contributed by atoms with Crippen molar-refractivity contribution in [3.63, 3.8) is 0 Å². The zero-order valence-corrected chi connectivity index (χ0v) is 10.2. The van der Waals surface area contributed by atoms with Crippen molar-refractivity contribution in [1.82, 2.24) is 5.32 Å². The van der Waals surface area contributed by atoms with Gasteiger partial charge in [-0.2, -0.15) is 0 Å². The van der Waals surface area contributed by atoms with Crippen LogP contribution in [0.2, 0.25) is 0 Å². The van der Waals surface area contributed by atoms with Crippen molar-refractivity contribution in [2.24, 2.45) is 0 Å². The molecule has 1 aromatic rings. The van der Waals surface area contributed by atoms with Gasteiger partial charge in [0.05, 0.1) is 5.69 Å². The summed E-state index contributed by atoms with van der Waals surface area (Å²) in [5.74, 6) is -2.51. The van der Waals surface area contributed by atoms with Crippen molar-refractivity contribution in [2.45, 2.75) is 25.8 Å². The van der Waals surface area contributed by atoms with E-state index in [1.807, 2.05) is 0 Å². The van der Waals surface area contributed by atoms with Crippen LogP contribution in [0, 0.1) is 5.82 Å². The zero-order valence-electron chi connectivity index (χ0n) is 10.2. The van der Waals surface area contributed by atoms with Gasteiger partial charge in [0.2, 0.25) is 0 Å². The average Bonchev–Trinajstić information content (AvgIpc) is 2.32. The Kier molecular flexibility index (Phi) is 3.90. The maximum Gasteiger partial charge on any atom is 0.329 e. The van der Waals surface area contributed by atoms with Crippen molar-refractivity contribution in [3.05, 3.63) is 29.6 Å².